The fourth-order valence-electron chi connectivity index (χ4n) is 1.81. The van der Waals surface area contributed by atoms with Gasteiger partial charge in [0.25, 0.3) is 0 Å². The van der Waals surface area contributed by atoms with Gasteiger partial charge in [0.15, 0.2) is 0 Å². The van der Waals surface area contributed by atoms with Crippen LogP contribution in [0.3, 0.4) is 0 Å². The molecule has 3 aromatic heterocycles. The summed E-state index contributed by atoms with van der Waals surface area (Å²) in [5.41, 5.74) is 3.07. The summed E-state index contributed by atoms with van der Waals surface area (Å²) in [6, 6.07) is 9.27. The van der Waals surface area contributed by atoms with E-state index in [4.69, 9.17) is 5.41 Å². The van der Waals surface area contributed by atoms with Crippen molar-refractivity contribution < 1.29 is 0 Å². The third-order valence-corrected chi connectivity index (χ3v) is 3.01. The van der Waals surface area contributed by atoms with Gasteiger partial charge in [-0.2, -0.15) is 5.10 Å². The zero-order chi connectivity index (χ0) is 13.9. The number of pyridine rings is 2. The van der Waals surface area contributed by atoms with Gasteiger partial charge in [0.1, 0.15) is 5.04 Å². The first kappa shape index (κ1) is 12.6. The van der Waals surface area contributed by atoms with Crippen molar-refractivity contribution in [2.75, 3.05) is 0 Å². The van der Waals surface area contributed by atoms with Gasteiger partial charge in [0.2, 0.25) is 0 Å². The molecule has 6 heteroatoms. The van der Waals surface area contributed by atoms with E-state index in [-0.39, 0.29) is 5.04 Å². The number of aromatic nitrogens is 4. The lowest BCUT2D eigenvalue weighted by atomic mass is 10.2. The molecule has 0 aliphatic carbocycles. The van der Waals surface area contributed by atoms with Gasteiger partial charge in [-0.1, -0.05) is 6.07 Å². The third kappa shape index (κ3) is 2.46. The first-order valence-electron chi connectivity index (χ1n) is 5.94. The largest absolute Gasteiger partial charge is 0.292 e. The number of hydrogen-bond acceptors (Lipinski definition) is 4. The van der Waals surface area contributed by atoms with Crippen molar-refractivity contribution >= 4 is 17.7 Å². The summed E-state index contributed by atoms with van der Waals surface area (Å²) in [5.74, 6) is 0. The van der Waals surface area contributed by atoms with Crippen LogP contribution in [0.15, 0.2) is 55.1 Å². The van der Waals surface area contributed by atoms with E-state index >= 15 is 0 Å². The second kappa shape index (κ2) is 5.26. The zero-order valence-electron chi connectivity index (χ0n) is 10.4. The molecular weight excluding hydrogens is 270 g/mol. The van der Waals surface area contributed by atoms with Crippen molar-refractivity contribution in [3.05, 3.63) is 60.8 Å². The van der Waals surface area contributed by atoms with E-state index in [0.717, 1.165) is 16.9 Å². The maximum absolute atomic E-state index is 7.51. The van der Waals surface area contributed by atoms with E-state index in [1.54, 1.807) is 29.3 Å². The van der Waals surface area contributed by atoms with Crippen LogP contribution in [-0.4, -0.2) is 24.8 Å². The highest BCUT2D eigenvalue weighted by atomic mass is 32.1. The second-order valence-electron chi connectivity index (χ2n) is 4.14. The zero-order valence-corrected chi connectivity index (χ0v) is 11.3. The first-order valence-corrected chi connectivity index (χ1v) is 6.39. The minimum atomic E-state index is 0.145. The van der Waals surface area contributed by atoms with E-state index in [1.807, 2.05) is 30.5 Å². The van der Waals surface area contributed by atoms with Crippen LogP contribution in [0.5, 0.6) is 0 Å². The standard InChI is InChI=1S/C14H11N5S/c15-14(20)13-5-1-4-12(18-13)10-7-17-19(9-10)11-3-2-6-16-8-11/h1-9H,(H2,15,20). The summed E-state index contributed by atoms with van der Waals surface area (Å²) < 4.78 is 1.74. The topological polar surface area (TPSA) is 67.5 Å². The quantitative estimate of drug-likeness (QED) is 0.440. The molecular formula is C14H11N5S. The number of thiol groups is 1. The lowest BCUT2D eigenvalue weighted by Gasteiger charge is -2.00. The van der Waals surface area contributed by atoms with Crippen molar-refractivity contribution in [2.24, 2.45) is 0 Å². The van der Waals surface area contributed by atoms with Gasteiger partial charge in [-0.05, 0) is 24.3 Å². The van der Waals surface area contributed by atoms with Crippen molar-refractivity contribution in [2.45, 2.75) is 0 Å². The van der Waals surface area contributed by atoms with E-state index in [9.17, 15) is 0 Å². The molecule has 5 nitrogen and oxygen atoms in total. The van der Waals surface area contributed by atoms with Crippen LogP contribution in [0.1, 0.15) is 5.69 Å². The Kier molecular flexibility index (Phi) is 3.30. The van der Waals surface area contributed by atoms with Gasteiger partial charge in [0.05, 0.1) is 29.5 Å². The second-order valence-corrected chi connectivity index (χ2v) is 4.59. The Bertz CT molecular complexity index is 751. The van der Waals surface area contributed by atoms with Gasteiger partial charge < -0.3 is 0 Å². The molecule has 20 heavy (non-hydrogen) atoms. The van der Waals surface area contributed by atoms with E-state index in [1.165, 1.54) is 0 Å². The van der Waals surface area contributed by atoms with Crippen LogP contribution in [0.2, 0.25) is 0 Å². The smallest absolute Gasteiger partial charge is 0.110 e. The molecule has 3 heterocycles. The molecule has 0 fully saturated rings. The highest BCUT2D eigenvalue weighted by Crippen LogP contribution is 2.18. The fourth-order valence-corrected chi connectivity index (χ4v) is 1.94. The Hall–Kier alpha value is -2.47. The Labute approximate surface area is 121 Å². The van der Waals surface area contributed by atoms with Gasteiger partial charge in [-0.25, -0.2) is 9.67 Å². The predicted octanol–water partition coefficient (Wildman–Crippen LogP) is 2.58. The lowest BCUT2D eigenvalue weighted by Crippen LogP contribution is -1.95. The molecule has 0 amide bonds. The van der Waals surface area contributed by atoms with Crippen LogP contribution < -0.4 is 0 Å². The average Bonchev–Trinajstić information content (AvgIpc) is 2.98. The van der Waals surface area contributed by atoms with Crippen molar-refractivity contribution in [3.8, 4) is 16.9 Å². The van der Waals surface area contributed by atoms with Gasteiger partial charge in [-0.15, -0.1) is 12.6 Å². The molecule has 0 radical (unpaired) electrons. The highest BCUT2D eigenvalue weighted by molar-refractivity contribution is 7.97. The van der Waals surface area contributed by atoms with Crippen LogP contribution >= 0.6 is 12.6 Å². The molecule has 3 rings (SSSR count). The van der Waals surface area contributed by atoms with Crippen LogP contribution in [0, 0.1) is 5.41 Å². The van der Waals surface area contributed by atoms with E-state index in [0.29, 0.717) is 5.69 Å². The summed E-state index contributed by atoms with van der Waals surface area (Å²) in [7, 11) is 0. The number of rotatable bonds is 3. The van der Waals surface area contributed by atoms with Gasteiger partial charge >= 0.3 is 0 Å². The molecule has 0 atom stereocenters. The molecule has 0 bridgehead atoms. The van der Waals surface area contributed by atoms with Gasteiger partial charge in [0, 0.05) is 18.0 Å². The molecule has 0 saturated carbocycles. The summed E-state index contributed by atoms with van der Waals surface area (Å²) in [5, 5.41) is 12.0. The maximum Gasteiger partial charge on any atom is 0.110 e. The fraction of sp³-hybridized carbons (Fsp3) is 0. The van der Waals surface area contributed by atoms with Crippen molar-refractivity contribution in [3.63, 3.8) is 0 Å². The minimum Gasteiger partial charge on any atom is -0.292 e. The van der Waals surface area contributed by atoms with Crippen LogP contribution in [-0.2, 0) is 0 Å². The summed E-state index contributed by atoms with van der Waals surface area (Å²) in [4.78, 5) is 8.45. The minimum absolute atomic E-state index is 0.145. The number of nitrogens with zero attached hydrogens (tertiary/aromatic N) is 4. The van der Waals surface area contributed by atoms with Crippen LogP contribution in [0.4, 0.5) is 0 Å². The Morgan fingerprint density at radius 1 is 1.15 bits per heavy atom. The molecule has 0 aliphatic rings. The normalized spacial score (nSPS) is 10.4. The first-order chi connectivity index (χ1) is 9.74. The molecule has 1 N–H and O–H groups in total. The summed E-state index contributed by atoms with van der Waals surface area (Å²) in [6.07, 6.45) is 7.08. The van der Waals surface area contributed by atoms with E-state index in [2.05, 4.69) is 27.7 Å². The molecule has 0 unspecified atom stereocenters. The maximum atomic E-state index is 7.51. The Morgan fingerprint density at radius 2 is 2.05 bits per heavy atom. The van der Waals surface area contributed by atoms with E-state index < -0.39 is 0 Å². The molecule has 0 aliphatic heterocycles. The predicted molar refractivity (Wildman–Crippen MR) is 80.4 cm³/mol. The third-order valence-electron chi connectivity index (χ3n) is 2.78. The Balaban J connectivity index is 1.98. The van der Waals surface area contributed by atoms with Crippen LogP contribution in [0.25, 0.3) is 16.9 Å². The Morgan fingerprint density at radius 3 is 2.80 bits per heavy atom. The summed E-state index contributed by atoms with van der Waals surface area (Å²) in [6.45, 7) is 0. The monoisotopic (exact) mass is 281 g/mol. The van der Waals surface area contributed by atoms with Crippen molar-refractivity contribution in [1.29, 1.82) is 5.41 Å². The van der Waals surface area contributed by atoms with Crippen molar-refractivity contribution in [1.82, 2.24) is 19.7 Å². The molecule has 0 aromatic carbocycles. The number of nitrogens with one attached hydrogen (secondary N) is 1. The molecule has 3 aromatic rings. The number of hydrogen-bond donors (Lipinski definition) is 2. The molecule has 0 saturated heterocycles. The summed E-state index contributed by atoms with van der Waals surface area (Å²) >= 11 is 4.00. The highest BCUT2D eigenvalue weighted by Gasteiger charge is 2.06. The SMILES string of the molecule is N=C(S)c1cccc(-c2cnn(-c3cccnc3)c2)n1. The molecule has 98 valence electrons. The lowest BCUT2D eigenvalue weighted by molar-refractivity contribution is 0.874. The average molecular weight is 281 g/mol. The van der Waals surface area contributed by atoms with Gasteiger partial charge in [-0.3, -0.25) is 10.4 Å². The molecule has 0 spiro atoms.